The van der Waals surface area contributed by atoms with E-state index in [9.17, 15) is 14.4 Å². The van der Waals surface area contributed by atoms with E-state index in [0.717, 1.165) is 12.8 Å². The van der Waals surface area contributed by atoms with Gasteiger partial charge in [0.05, 0.1) is 19.6 Å². The third-order valence-electron chi connectivity index (χ3n) is 3.39. The van der Waals surface area contributed by atoms with E-state index in [1.807, 2.05) is 0 Å². The second kappa shape index (κ2) is 5.37. The van der Waals surface area contributed by atoms with Crippen LogP contribution in [0.3, 0.4) is 0 Å². The molecule has 0 aromatic carbocycles. The first kappa shape index (κ1) is 12.9. The van der Waals surface area contributed by atoms with Crippen LogP contribution in [0.1, 0.15) is 26.2 Å². The zero-order valence-corrected chi connectivity index (χ0v) is 10.6. The van der Waals surface area contributed by atoms with E-state index in [-0.39, 0.29) is 43.3 Å². The van der Waals surface area contributed by atoms with Gasteiger partial charge in [-0.15, -0.1) is 0 Å². The fraction of sp³-hybridized carbons (Fsp3) is 0.750. The highest BCUT2D eigenvalue weighted by atomic mass is 16.5. The molecule has 0 aromatic heterocycles. The molecule has 2 amide bonds. The summed E-state index contributed by atoms with van der Waals surface area (Å²) in [6.07, 6.45) is 1.77. The highest BCUT2D eigenvalue weighted by molar-refractivity contribution is 5.95. The van der Waals surface area contributed by atoms with Crippen molar-refractivity contribution in [1.82, 2.24) is 9.80 Å². The molecule has 1 atom stereocenters. The highest BCUT2D eigenvalue weighted by Crippen LogP contribution is 2.23. The Morgan fingerprint density at radius 1 is 1.44 bits per heavy atom. The smallest absolute Gasteiger partial charge is 0.307 e. The van der Waals surface area contributed by atoms with Crippen LogP contribution >= 0.6 is 0 Å². The van der Waals surface area contributed by atoms with Crippen LogP contribution in [0.4, 0.5) is 0 Å². The summed E-state index contributed by atoms with van der Waals surface area (Å²) >= 11 is 0. The maximum absolute atomic E-state index is 12.1. The van der Waals surface area contributed by atoms with Crippen LogP contribution < -0.4 is 0 Å². The monoisotopic (exact) mass is 254 g/mol. The van der Waals surface area contributed by atoms with Crippen LogP contribution in [-0.2, 0) is 19.1 Å². The first-order valence-corrected chi connectivity index (χ1v) is 6.37. The topological polar surface area (TPSA) is 66.9 Å². The number of hydrogen-bond donors (Lipinski definition) is 0. The summed E-state index contributed by atoms with van der Waals surface area (Å²) in [7, 11) is 0. The van der Waals surface area contributed by atoms with Gasteiger partial charge in [-0.1, -0.05) is 0 Å². The zero-order valence-electron chi connectivity index (χ0n) is 10.6. The minimum absolute atomic E-state index is 0.0130. The number of ether oxygens (including phenoxy) is 1. The third kappa shape index (κ3) is 2.47. The first-order chi connectivity index (χ1) is 8.63. The van der Waals surface area contributed by atoms with E-state index in [4.69, 9.17) is 4.74 Å². The molecule has 100 valence electrons. The zero-order chi connectivity index (χ0) is 13.1. The second-order valence-electron chi connectivity index (χ2n) is 4.56. The van der Waals surface area contributed by atoms with Crippen LogP contribution in [-0.4, -0.2) is 59.9 Å². The summed E-state index contributed by atoms with van der Waals surface area (Å²) in [5, 5.41) is 0. The summed E-state index contributed by atoms with van der Waals surface area (Å²) in [6.45, 7) is 3.12. The maximum Gasteiger partial charge on any atom is 0.307 e. The standard InChI is InChI=1S/C12H18N2O4/c1-2-18-11(16)5-7-13-8-10(15)14-6-3-4-9(14)12(13)17/h9H,2-8H2,1H3. The van der Waals surface area contributed by atoms with Gasteiger partial charge >= 0.3 is 5.97 Å². The van der Waals surface area contributed by atoms with Gasteiger partial charge in [0.1, 0.15) is 6.04 Å². The van der Waals surface area contributed by atoms with Crippen LogP contribution in [0.15, 0.2) is 0 Å². The third-order valence-corrected chi connectivity index (χ3v) is 3.39. The molecule has 2 heterocycles. The molecule has 2 rings (SSSR count). The fourth-order valence-corrected chi connectivity index (χ4v) is 2.51. The summed E-state index contributed by atoms with van der Waals surface area (Å²) in [6, 6.07) is -0.298. The molecule has 2 saturated heterocycles. The van der Waals surface area contributed by atoms with Crippen molar-refractivity contribution >= 4 is 17.8 Å². The van der Waals surface area contributed by atoms with Crippen LogP contribution in [0, 0.1) is 0 Å². The molecule has 6 nitrogen and oxygen atoms in total. The number of piperazine rings is 1. The Morgan fingerprint density at radius 2 is 2.22 bits per heavy atom. The Hall–Kier alpha value is -1.59. The van der Waals surface area contributed by atoms with Gasteiger partial charge in [-0.3, -0.25) is 14.4 Å². The van der Waals surface area contributed by atoms with Crippen LogP contribution in [0.25, 0.3) is 0 Å². The molecule has 2 aliphatic rings. The van der Waals surface area contributed by atoms with Gasteiger partial charge in [0.2, 0.25) is 11.8 Å². The van der Waals surface area contributed by atoms with Gasteiger partial charge in [0.15, 0.2) is 0 Å². The molecule has 18 heavy (non-hydrogen) atoms. The summed E-state index contributed by atoms with van der Waals surface area (Å²) in [4.78, 5) is 38.3. The van der Waals surface area contributed by atoms with Crippen molar-refractivity contribution in [3.63, 3.8) is 0 Å². The van der Waals surface area contributed by atoms with Gasteiger partial charge in [0, 0.05) is 13.1 Å². The number of rotatable bonds is 4. The average molecular weight is 254 g/mol. The molecular weight excluding hydrogens is 236 g/mol. The number of fused-ring (bicyclic) bond motifs is 1. The Bertz CT molecular complexity index is 369. The number of hydrogen-bond acceptors (Lipinski definition) is 4. The predicted molar refractivity (Wildman–Crippen MR) is 62.6 cm³/mol. The molecule has 2 aliphatic heterocycles. The summed E-state index contributed by atoms with van der Waals surface area (Å²) in [5.74, 6) is -0.371. The Kier molecular flexibility index (Phi) is 3.84. The van der Waals surface area contributed by atoms with E-state index >= 15 is 0 Å². The maximum atomic E-state index is 12.1. The van der Waals surface area contributed by atoms with Crippen LogP contribution in [0.5, 0.6) is 0 Å². The Balaban J connectivity index is 1.91. The largest absolute Gasteiger partial charge is 0.466 e. The van der Waals surface area contributed by atoms with E-state index < -0.39 is 0 Å². The van der Waals surface area contributed by atoms with Gasteiger partial charge in [-0.05, 0) is 19.8 Å². The molecule has 0 N–H and O–H groups in total. The van der Waals surface area contributed by atoms with Gasteiger partial charge in [0.25, 0.3) is 0 Å². The molecule has 6 heteroatoms. The quantitative estimate of drug-likeness (QED) is 0.650. The molecular formula is C12H18N2O4. The lowest BCUT2D eigenvalue weighted by molar-refractivity contribution is -0.155. The second-order valence-corrected chi connectivity index (χ2v) is 4.56. The highest BCUT2D eigenvalue weighted by Gasteiger charge is 2.41. The van der Waals surface area contributed by atoms with Gasteiger partial charge in [-0.2, -0.15) is 0 Å². The molecule has 2 fully saturated rings. The van der Waals surface area contributed by atoms with Crippen molar-refractivity contribution in [2.75, 3.05) is 26.2 Å². The normalized spacial score (nSPS) is 23.3. The lowest BCUT2D eigenvalue weighted by Gasteiger charge is -2.36. The molecule has 0 radical (unpaired) electrons. The van der Waals surface area contributed by atoms with E-state index in [0.29, 0.717) is 13.2 Å². The lowest BCUT2D eigenvalue weighted by Crippen LogP contribution is -2.57. The lowest BCUT2D eigenvalue weighted by atomic mass is 10.1. The van der Waals surface area contributed by atoms with Crippen molar-refractivity contribution in [2.24, 2.45) is 0 Å². The number of esters is 1. The van der Waals surface area contributed by atoms with Crippen molar-refractivity contribution in [2.45, 2.75) is 32.2 Å². The molecule has 0 aliphatic carbocycles. The number of nitrogens with zero attached hydrogens (tertiary/aromatic N) is 2. The Labute approximate surface area is 106 Å². The fourth-order valence-electron chi connectivity index (χ4n) is 2.51. The van der Waals surface area contributed by atoms with Crippen molar-refractivity contribution < 1.29 is 19.1 Å². The minimum atomic E-state index is -0.327. The number of carbonyl (C=O) groups is 3. The average Bonchev–Trinajstić information content (AvgIpc) is 2.82. The van der Waals surface area contributed by atoms with Gasteiger partial charge < -0.3 is 14.5 Å². The predicted octanol–water partition coefficient (Wildman–Crippen LogP) is -0.227. The Morgan fingerprint density at radius 3 is 2.94 bits per heavy atom. The van der Waals surface area contributed by atoms with Crippen molar-refractivity contribution in [3.05, 3.63) is 0 Å². The van der Waals surface area contributed by atoms with Crippen molar-refractivity contribution in [3.8, 4) is 0 Å². The SMILES string of the molecule is CCOC(=O)CCN1CC(=O)N2CCCC2C1=O. The summed E-state index contributed by atoms with van der Waals surface area (Å²) in [5.41, 5.74) is 0. The molecule has 0 aromatic rings. The summed E-state index contributed by atoms with van der Waals surface area (Å²) < 4.78 is 4.81. The van der Waals surface area contributed by atoms with Crippen molar-refractivity contribution in [1.29, 1.82) is 0 Å². The molecule has 0 saturated carbocycles. The first-order valence-electron chi connectivity index (χ1n) is 6.37. The molecule has 0 spiro atoms. The van der Waals surface area contributed by atoms with E-state index in [1.165, 1.54) is 4.90 Å². The van der Waals surface area contributed by atoms with Crippen LogP contribution in [0.2, 0.25) is 0 Å². The number of amides is 2. The molecule has 0 bridgehead atoms. The minimum Gasteiger partial charge on any atom is -0.466 e. The number of carbonyl (C=O) groups excluding carboxylic acids is 3. The molecule has 1 unspecified atom stereocenters. The van der Waals surface area contributed by atoms with Gasteiger partial charge in [-0.25, -0.2) is 0 Å². The van der Waals surface area contributed by atoms with E-state index in [2.05, 4.69) is 0 Å². The van der Waals surface area contributed by atoms with E-state index in [1.54, 1.807) is 11.8 Å².